The van der Waals surface area contributed by atoms with Gasteiger partial charge < -0.3 is 18.6 Å². The lowest BCUT2D eigenvalue weighted by atomic mass is 10.2. The molecule has 142 valence electrons. The molecule has 0 saturated heterocycles. The zero-order valence-corrected chi connectivity index (χ0v) is 15.8. The van der Waals surface area contributed by atoms with Gasteiger partial charge in [-0.2, -0.15) is 0 Å². The van der Waals surface area contributed by atoms with E-state index in [1.54, 1.807) is 25.1 Å². The number of sulfone groups is 1. The van der Waals surface area contributed by atoms with E-state index < -0.39 is 20.4 Å². The average Bonchev–Trinajstić information content (AvgIpc) is 2.67. The molecule has 0 atom stereocenters. The fraction of sp³-hybridized carbons (Fsp3) is 0.211. The lowest BCUT2D eigenvalue weighted by Crippen LogP contribution is -2.14. The third kappa shape index (κ3) is 3.35. The Labute approximate surface area is 156 Å². The second kappa shape index (κ2) is 7.32. The predicted molar refractivity (Wildman–Crippen MR) is 98.7 cm³/mol. The van der Waals surface area contributed by atoms with Gasteiger partial charge in [0.05, 0.1) is 25.7 Å². The summed E-state index contributed by atoms with van der Waals surface area (Å²) in [5, 5.41) is 0.444. The average molecular weight is 390 g/mol. The van der Waals surface area contributed by atoms with Crippen molar-refractivity contribution in [3.05, 3.63) is 52.9 Å². The number of methoxy groups -OCH3 is 2. The second-order valence-corrected chi connectivity index (χ2v) is 7.44. The van der Waals surface area contributed by atoms with Crippen LogP contribution < -0.4 is 19.8 Å². The van der Waals surface area contributed by atoms with Crippen LogP contribution in [0.1, 0.15) is 6.92 Å². The summed E-state index contributed by atoms with van der Waals surface area (Å²) in [6.07, 6.45) is 0. The van der Waals surface area contributed by atoms with E-state index in [1.807, 2.05) is 0 Å². The number of benzene rings is 2. The van der Waals surface area contributed by atoms with Gasteiger partial charge in [0.25, 0.3) is 0 Å². The van der Waals surface area contributed by atoms with E-state index in [9.17, 15) is 13.2 Å². The fourth-order valence-corrected chi connectivity index (χ4v) is 3.97. The van der Waals surface area contributed by atoms with E-state index in [2.05, 4.69) is 0 Å². The summed E-state index contributed by atoms with van der Waals surface area (Å²) in [6.45, 7) is 2.18. The minimum absolute atomic E-state index is 0.104. The van der Waals surface area contributed by atoms with E-state index in [0.29, 0.717) is 23.5 Å². The van der Waals surface area contributed by atoms with E-state index in [4.69, 9.17) is 18.6 Å². The molecule has 1 heterocycles. The van der Waals surface area contributed by atoms with Crippen LogP contribution in [0.3, 0.4) is 0 Å². The molecule has 0 saturated carbocycles. The molecule has 2 aromatic carbocycles. The summed E-state index contributed by atoms with van der Waals surface area (Å²) in [7, 11) is -1.29. The van der Waals surface area contributed by atoms with Crippen molar-refractivity contribution in [2.75, 3.05) is 20.8 Å². The first-order chi connectivity index (χ1) is 12.9. The molecule has 0 spiro atoms. The van der Waals surface area contributed by atoms with Gasteiger partial charge in [-0.3, -0.25) is 0 Å². The van der Waals surface area contributed by atoms with Crippen molar-refractivity contribution >= 4 is 20.8 Å². The normalized spacial score (nSPS) is 11.4. The Morgan fingerprint density at radius 1 is 0.963 bits per heavy atom. The van der Waals surface area contributed by atoms with E-state index >= 15 is 0 Å². The molecule has 0 radical (unpaired) electrons. The molecule has 3 rings (SSSR count). The largest absolute Gasteiger partial charge is 0.493 e. The summed E-state index contributed by atoms with van der Waals surface area (Å²) in [5.41, 5.74) is -0.764. The van der Waals surface area contributed by atoms with Crippen molar-refractivity contribution in [1.29, 1.82) is 0 Å². The monoisotopic (exact) mass is 390 g/mol. The Hall–Kier alpha value is -3.00. The topological polar surface area (TPSA) is 92.0 Å². The van der Waals surface area contributed by atoms with Crippen LogP contribution in [-0.2, 0) is 9.84 Å². The molecular formula is C19H18O7S. The molecule has 0 fully saturated rings. The number of para-hydroxylation sites is 1. The van der Waals surface area contributed by atoms with Crippen molar-refractivity contribution in [2.24, 2.45) is 0 Å². The third-order valence-electron chi connectivity index (χ3n) is 3.95. The van der Waals surface area contributed by atoms with Gasteiger partial charge in [0.15, 0.2) is 27.7 Å². The van der Waals surface area contributed by atoms with Crippen molar-refractivity contribution in [2.45, 2.75) is 16.7 Å². The van der Waals surface area contributed by atoms with Gasteiger partial charge in [0.2, 0.25) is 9.84 Å². The van der Waals surface area contributed by atoms with E-state index in [-0.39, 0.29) is 16.2 Å². The van der Waals surface area contributed by atoms with Crippen molar-refractivity contribution in [1.82, 2.24) is 0 Å². The molecule has 7 nitrogen and oxygen atoms in total. The quantitative estimate of drug-likeness (QED) is 0.597. The molecule has 0 unspecified atom stereocenters. The number of rotatable bonds is 6. The van der Waals surface area contributed by atoms with Gasteiger partial charge in [0.1, 0.15) is 0 Å². The lowest BCUT2D eigenvalue weighted by Gasteiger charge is -2.11. The molecule has 0 amide bonds. The summed E-state index contributed by atoms with van der Waals surface area (Å²) in [4.78, 5) is 11.9. The van der Waals surface area contributed by atoms with Gasteiger partial charge in [-0.05, 0) is 31.2 Å². The first kappa shape index (κ1) is 18.8. The standard InChI is InChI=1S/C19H18O7S/c1-4-25-15-7-5-6-12-10-17(19(20)26-18(12)15)27(21,22)13-8-9-14(23-2)16(11-13)24-3/h5-11H,4H2,1-3H3. The number of hydrogen-bond acceptors (Lipinski definition) is 7. The molecule has 0 bridgehead atoms. The summed E-state index contributed by atoms with van der Waals surface area (Å²) in [6, 6.07) is 10.4. The zero-order valence-electron chi connectivity index (χ0n) is 15.0. The highest BCUT2D eigenvalue weighted by atomic mass is 32.2. The highest BCUT2D eigenvalue weighted by molar-refractivity contribution is 7.91. The van der Waals surface area contributed by atoms with Crippen LogP contribution in [0.2, 0.25) is 0 Å². The maximum atomic E-state index is 13.0. The summed E-state index contributed by atoms with van der Waals surface area (Å²) < 4.78 is 46.9. The molecule has 0 N–H and O–H groups in total. The maximum absolute atomic E-state index is 13.0. The van der Waals surface area contributed by atoms with Crippen LogP contribution in [0.25, 0.3) is 11.0 Å². The minimum Gasteiger partial charge on any atom is -0.493 e. The van der Waals surface area contributed by atoms with Crippen molar-refractivity contribution in [3.8, 4) is 17.2 Å². The maximum Gasteiger partial charge on any atom is 0.355 e. The van der Waals surface area contributed by atoms with Crippen molar-refractivity contribution < 1.29 is 27.0 Å². The predicted octanol–water partition coefficient (Wildman–Crippen LogP) is 3.04. The van der Waals surface area contributed by atoms with Gasteiger partial charge in [-0.15, -0.1) is 0 Å². The number of ether oxygens (including phenoxy) is 3. The Kier molecular flexibility index (Phi) is 5.09. The van der Waals surface area contributed by atoms with Crippen LogP contribution in [0, 0.1) is 0 Å². The van der Waals surface area contributed by atoms with Crippen LogP contribution in [-0.4, -0.2) is 29.2 Å². The smallest absolute Gasteiger partial charge is 0.355 e. The summed E-state index contributed by atoms with van der Waals surface area (Å²) in [5.74, 6) is 0.993. The SMILES string of the molecule is CCOc1cccc2cc(S(=O)(=O)c3ccc(OC)c(OC)c3)c(=O)oc12. The molecular weight excluding hydrogens is 372 g/mol. The lowest BCUT2D eigenvalue weighted by molar-refractivity contribution is 0.336. The van der Waals surface area contributed by atoms with Crippen LogP contribution >= 0.6 is 0 Å². The molecule has 0 aliphatic heterocycles. The minimum atomic E-state index is -4.13. The first-order valence-electron chi connectivity index (χ1n) is 8.09. The summed E-state index contributed by atoms with van der Waals surface area (Å²) >= 11 is 0. The van der Waals surface area contributed by atoms with Crippen LogP contribution in [0.4, 0.5) is 0 Å². The number of fused-ring (bicyclic) bond motifs is 1. The van der Waals surface area contributed by atoms with Crippen LogP contribution in [0.5, 0.6) is 17.2 Å². The highest BCUT2D eigenvalue weighted by Crippen LogP contribution is 2.32. The van der Waals surface area contributed by atoms with E-state index in [0.717, 1.165) is 0 Å². The molecule has 27 heavy (non-hydrogen) atoms. The Morgan fingerprint density at radius 3 is 2.37 bits per heavy atom. The van der Waals surface area contributed by atoms with Gasteiger partial charge in [-0.25, -0.2) is 13.2 Å². The van der Waals surface area contributed by atoms with Gasteiger partial charge in [0, 0.05) is 11.5 Å². The highest BCUT2D eigenvalue weighted by Gasteiger charge is 2.25. The Balaban J connectivity index is 2.19. The zero-order chi connectivity index (χ0) is 19.6. The van der Waals surface area contributed by atoms with Gasteiger partial charge >= 0.3 is 5.63 Å². The third-order valence-corrected chi connectivity index (χ3v) is 5.68. The molecule has 8 heteroatoms. The first-order valence-corrected chi connectivity index (χ1v) is 9.57. The Morgan fingerprint density at radius 2 is 1.70 bits per heavy atom. The van der Waals surface area contributed by atoms with Gasteiger partial charge in [-0.1, -0.05) is 12.1 Å². The van der Waals surface area contributed by atoms with Crippen molar-refractivity contribution in [3.63, 3.8) is 0 Å². The Bertz CT molecular complexity index is 1150. The molecule has 3 aromatic rings. The van der Waals surface area contributed by atoms with E-state index in [1.165, 1.54) is 38.5 Å². The molecule has 1 aromatic heterocycles. The molecule has 0 aliphatic rings. The second-order valence-electron chi connectivity index (χ2n) is 5.53. The number of hydrogen-bond donors (Lipinski definition) is 0. The fourth-order valence-electron chi connectivity index (χ4n) is 2.67. The van der Waals surface area contributed by atoms with Crippen LogP contribution in [0.15, 0.2) is 61.5 Å². The molecule has 0 aliphatic carbocycles.